The van der Waals surface area contributed by atoms with E-state index in [0.29, 0.717) is 11.4 Å². The van der Waals surface area contributed by atoms with E-state index in [2.05, 4.69) is 10.6 Å². The maximum Gasteiger partial charge on any atom is 0.260 e. The zero-order valence-electron chi connectivity index (χ0n) is 13.2. The van der Waals surface area contributed by atoms with E-state index in [4.69, 9.17) is 4.74 Å². The molecular weight excluding hydrogens is 294 g/mol. The van der Waals surface area contributed by atoms with E-state index >= 15 is 0 Å². The third-order valence-electron chi connectivity index (χ3n) is 4.10. The minimum absolute atomic E-state index is 0.00104. The molecule has 6 heteroatoms. The molecule has 0 radical (unpaired) electrons. The number of hydrogen-bond donors (Lipinski definition) is 2. The van der Waals surface area contributed by atoms with Crippen LogP contribution in [0.1, 0.15) is 19.3 Å². The van der Waals surface area contributed by atoms with Gasteiger partial charge in [0.2, 0.25) is 5.91 Å². The number of benzene rings is 1. The van der Waals surface area contributed by atoms with Crippen molar-refractivity contribution in [3.63, 3.8) is 0 Å². The van der Waals surface area contributed by atoms with E-state index in [9.17, 15) is 9.59 Å². The van der Waals surface area contributed by atoms with Crippen LogP contribution in [0.25, 0.3) is 0 Å². The molecule has 1 aliphatic carbocycles. The fourth-order valence-electron chi connectivity index (χ4n) is 2.58. The van der Waals surface area contributed by atoms with Crippen molar-refractivity contribution in [3.8, 4) is 5.75 Å². The van der Waals surface area contributed by atoms with Crippen LogP contribution in [0.5, 0.6) is 5.75 Å². The maximum absolute atomic E-state index is 12.2. The third-order valence-corrected chi connectivity index (χ3v) is 4.10. The molecule has 0 bridgehead atoms. The number of nitrogens with zero attached hydrogens (tertiary/aromatic N) is 1. The van der Waals surface area contributed by atoms with Gasteiger partial charge in [-0.15, -0.1) is 0 Å². The zero-order valence-corrected chi connectivity index (χ0v) is 13.2. The largest absolute Gasteiger partial charge is 0.484 e. The highest BCUT2D eigenvalue weighted by atomic mass is 16.5. The average Bonchev–Trinajstić information content (AvgIpc) is 3.39. The van der Waals surface area contributed by atoms with Gasteiger partial charge >= 0.3 is 0 Å². The van der Waals surface area contributed by atoms with Crippen LogP contribution in [-0.2, 0) is 9.59 Å². The van der Waals surface area contributed by atoms with Crippen LogP contribution in [0, 0.1) is 5.92 Å². The van der Waals surface area contributed by atoms with Crippen LogP contribution in [0.3, 0.4) is 0 Å². The smallest absolute Gasteiger partial charge is 0.260 e. The lowest BCUT2D eigenvalue weighted by atomic mass is 10.3. The molecule has 2 amide bonds. The predicted octanol–water partition coefficient (Wildman–Crippen LogP) is 1.24. The summed E-state index contributed by atoms with van der Waals surface area (Å²) in [6, 6.07) is 7.20. The topological polar surface area (TPSA) is 70.7 Å². The van der Waals surface area contributed by atoms with Gasteiger partial charge in [0, 0.05) is 37.3 Å². The van der Waals surface area contributed by atoms with Crippen molar-refractivity contribution in [2.45, 2.75) is 19.3 Å². The molecule has 1 aliphatic heterocycles. The summed E-state index contributed by atoms with van der Waals surface area (Å²) in [6.45, 7) is 3.30. The van der Waals surface area contributed by atoms with E-state index in [-0.39, 0.29) is 24.3 Å². The van der Waals surface area contributed by atoms with Crippen molar-refractivity contribution in [2.24, 2.45) is 5.92 Å². The molecule has 1 aromatic carbocycles. The van der Waals surface area contributed by atoms with Crippen LogP contribution in [0.2, 0.25) is 0 Å². The summed E-state index contributed by atoms with van der Waals surface area (Å²) in [5, 5.41) is 6.15. The van der Waals surface area contributed by atoms with E-state index in [1.54, 1.807) is 12.1 Å². The van der Waals surface area contributed by atoms with Gasteiger partial charge in [-0.1, -0.05) is 6.07 Å². The molecule has 0 aromatic heterocycles. The van der Waals surface area contributed by atoms with Crippen LogP contribution in [0.15, 0.2) is 24.3 Å². The van der Waals surface area contributed by atoms with Crippen LogP contribution < -0.4 is 15.4 Å². The number of hydrogen-bond acceptors (Lipinski definition) is 4. The summed E-state index contributed by atoms with van der Waals surface area (Å²) < 4.78 is 5.60. The van der Waals surface area contributed by atoms with E-state index in [1.807, 2.05) is 17.0 Å². The maximum atomic E-state index is 12.2. The molecule has 0 atom stereocenters. The number of ether oxygens (including phenoxy) is 1. The molecule has 0 unspecified atom stereocenters. The van der Waals surface area contributed by atoms with Crippen LogP contribution in [-0.4, -0.2) is 49.5 Å². The first kappa shape index (κ1) is 15.8. The lowest BCUT2D eigenvalue weighted by Crippen LogP contribution is -2.37. The molecule has 124 valence electrons. The molecule has 0 spiro atoms. The second-order valence-corrected chi connectivity index (χ2v) is 6.06. The molecule has 2 fully saturated rings. The van der Waals surface area contributed by atoms with Gasteiger partial charge in [0.1, 0.15) is 5.75 Å². The zero-order chi connectivity index (χ0) is 16.1. The summed E-state index contributed by atoms with van der Waals surface area (Å²) in [5.41, 5.74) is 0.714. The number of carbonyl (C=O) groups is 2. The number of anilines is 1. The predicted molar refractivity (Wildman–Crippen MR) is 87.4 cm³/mol. The third kappa shape index (κ3) is 4.69. The highest BCUT2D eigenvalue weighted by Crippen LogP contribution is 2.30. The second kappa shape index (κ2) is 7.46. The molecule has 23 heavy (non-hydrogen) atoms. The molecule has 1 saturated heterocycles. The molecule has 1 aromatic rings. The van der Waals surface area contributed by atoms with Gasteiger partial charge in [0.15, 0.2) is 6.61 Å². The fourth-order valence-corrected chi connectivity index (χ4v) is 2.58. The van der Waals surface area contributed by atoms with Crippen molar-refractivity contribution in [1.29, 1.82) is 0 Å². The van der Waals surface area contributed by atoms with Crippen LogP contribution >= 0.6 is 0 Å². The summed E-state index contributed by atoms with van der Waals surface area (Å²) in [5.74, 6) is 0.828. The number of rotatable bonds is 5. The van der Waals surface area contributed by atoms with Gasteiger partial charge < -0.3 is 20.3 Å². The highest BCUT2D eigenvalue weighted by molar-refractivity contribution is 5.94. The quantitative estimate of drug-likeness (QED) is 0.857. The Labute approximate surface area is 136 Å². The Morgan fingerprint density at radius 3 is 2.96 bits per heavy atom. The minimum atomic E-state index is 0.00104. The van der Waals surface area contributed by atoms with Crippen molar-refractivity contribution in [3.05, 3.63) is 24.3 Å². The van der Waals surface area contributed by atoms with Crippen molar-refractivity contribution in [1.82, 2.24) is 10.2 Å². The normalized spacial score (nSPS) is 18.2. The number of carbonyl (C=O) groups excluding carboxylic acids is 2. The van der Waals surface area contributed by atoms with Gasteiger partial charge in [-0.05, 0) is 37.9 Å². The van der Waals surface area contributed by atoms with E-state index < -0.39 is 0 Å². The Morgan fingerprint density at radius 1 is 1.26 bits per heavy atom. The Hall–Kier alpha value is -2.08. The van der Waals surface area contributed by atoms with Gasteiger partial charge in [0.25, 0.3) is 5.91 Å². The van der Waals surface area contributed by atoms with Gasteiger partial charge in [-0.3, -0.25) is 9.59 Å². The van der Waals surface area contributed by atoms with Crippen molar-refractivity contribution >= 4 is 17.5 Å². The standard InChI is InChI=1S/C17H23N3O3/c21-16(20-9-2-7-18-8-10-20)12-23-15-4-1-3-14(11-15)19-17(22)13-5-6-13/h1,3-4,11,13,18H,2,5-10,12H2,(H,19,22). The fraction of sp³-hybridized carbons (Fsp3) is 0.529. The Morgan fingerprint density at radius 2 is 2.13 bits per heavy atom. The minimum Gasteiger partial charge on any atom is -0.484 e. The molecule has 6 nitrogen and oxygen atoms in total. The summed E-state index contributed by atoms with van der Waals surface area (Å²) in [7, 11) is 0. The van der Waals surface area contributed by atoms with Crippen LogP contribution in [0.4, 0.5) is 5.69 Å². The summed E-state index contributed by atoms with van der Waals surface area (Å²) in [6.07, 6.45) is 2.91. The summed E-state index contributed by atoms with van der Waals surface area (Å²) in [4.78, 5) is 25.8. The highest BCUT2D eigenvalue weighted by Gasteiger charge is 2.29. The first-order valence-electron chi connectivity index (χ1n) is 8.24. The average molecular weight is 317 g/mol. The molecular formula is C17H23N3O3. The molecule has 2 aliphatic rings. The number of amides is 2. The molecule has 3 rings (SSSR count). The van der Waals surface area contributed by atoms with Gasteiger partial charge in [-0.25, -0.2) is 0 Å². The van der Waals surface area contributed by atoms with E-state index in [1.165, 1.54) is 0 Å². The first-order chi connectivity index (χ1) is 11.2. The lowest BCUT2D eigenvalue weighted by Gasteiger charge is -2.20. The van der Waals surface area contributed by atoms with Crippen molar-refractivity contribution in [2.75, 3.05) is 38.1 Å². The monoisotopic (exact) mass is 317 g/mol. The summed E-state index contributed by atoms with van der Waals surface area (Å²) >= 11 is 0. The van der Waals surface area contributed by atoms with Crippen molar-refractivity contribution < 1.29 is 14.3 Å². The number of nitrogens with one attached hydrogen (secondary N) is 2. The first-order valence-corrected chi connectivity index (χ1v) is 8.24. The Kier molecular flexibility index (Phi) is 5.12. The molecule has 1 saturated carbocycles. The van der Waals surface area contributed by atoms with E-state index in [0.717, 1.165) is 45.4 Å². The van der Waals surface area contributed by atoms with Gasteiger partial charge in [-0.2, -0.15) is 0 Å². The Balaban J connectivity index is 1.50. The molecule has 2 N–H and O–H groups in total. The SMILES string of the molecule is O=C(Nc1cccc(OCC(=O)N2CCCNCC2)c1)C1CC1. The van der Waals surface area contributed by atoms with Gasteiger partial charge in [0.05, 0.1) is 0 Å². The molecule has 1 heterocycles. The lowest BCUT2D eigenvalue weighted by molar-refractivity contribution is -0.133. The Bertz CT molecular complexity index is 564. The second-order valence-electron chi connectivity index (χ2n) is 6.06.